The Hall–Kier alpha value is -2.02. The third-order valence-electron chi connectivity index (χ3n) is 3.15. The molecule has 118 valence electrons. The lowest BCUT2D eigenvalue weighted by Crippen LogP contribution is -2.14. The molecular formula is C17H16N2O2S2. The van der Waals surface area contributed by atoms with Crippen LogP contribution in [0.1, 0.15) is 11.3 Å². The van der Waals surface area contributed by atoms with Gasteiger partial charge in [-0.3, -0.25) is 4.79 Å². The number of benzene rings is 1. The zero-order valence-electron chi connectivity index (χ0n) is 12.6. The number of amides is 1. The highest BCUT2D eigenvalue weighted by Gasteiger charge is 2.10. The minimum Gasteiger partial charge on any atom is -0.380 e. The second-order valence-electron chi connectivity index (χ2n) is 4.98. The molecule has 0 aliphatic rings. The van der Waals surface area contributed by atoms with E-state index in [1.165, 1.54) is 0 Å². The number of nitrogens with zero attached hydrogens (tertiary/aromatic N) is 1. The Balaban J connectivity index is 1.62. The number of aromatic nitrogens is 1. The number of carbonyl (C=O) groups is 1. The summed E-state index contributed by atoms with van der Waals surface area (Å²) >= 11 is 3.22. The molecule has 0 radical (unpaired) electrons. The minimum atomic E-state index is -0.0670. The molecule has 4 nitrogen and oxygen atoms in total. The van der Waals surface area contributed by atoms with Crippen molar-refractivity contribution in [3.05, 3.63) is 58.4 Å². The van der Waals surface area contributed by atoms with Gasteiger partial charge < -0.3 is 10.1 Å². The third kappa shape index (κ3) is 4.25. The van der Waals surface area contributed by atoms with Crippen LogP contribution in [-0.4, -0.2) is 18.0 Å². The molecule has 0 aliphatic heterocycles. The molecule has 1 amide bonds. The molecule has 3 aromatic rings. The largest absolute Gasteiger partial charge is 0.380 e. The lowest BCUT2D eigenvalue weighted by Gasteiger charge is -2.06. The van der Waals surface area contributed by atoms with Crippen molar-refractivity contribution >= 4 is 34.3 Å². The number of rotatable bonds is 6. The zero-order valence-corrected chi connectivity index (χ0v) is 14.2. The van der Waals surface area contributed by atoms with E-state index in [1.54, 1.807) is 29.8 Å². The van der Waals surface area contributed by atoms with Gasteiger partial charge in [-0.05, 0) is 29.1 Å². The zero-order chi connectivity index (χ0) is 16.1. The average Bonchev–Trinajstić information content (AvgIpc) is 3.18. The number of ether oxygens (including phenoxy) is 1. The van der Waals surface area contributed by atoms with Crippen LogP contribution in [0.25, 0.3) is 9.88 Å². The van der Waals surface area contributed by atoms with Crippen LogP contribution < -0.4 is 5.32 Å². The summed E-state index contributed by atoms with van der Waals surface area (Å²) in [7, 11) is 1.65. The molecule has 0 atom stereocenters. The number of thiophene rings is 1. The lowest BCUT2D eigenvalue weighted by atomic mass is 10.2. The molecule has 0 aliphatic carbocycles. The van der Waals surface area contributed by atoms with Crippen molar-refractivity contribution in [2.24, 2.45) is 0 Å². The molecule has 0 bridgehead atoms. The normalized spacial score (nSPS) is 10.7. The number of carbonyl (C=O) groups excluding carboxylic acids is 1. The molecule has 6 heteroatoms. The minimum absolute atomic E-state index is 0.0670. The van der Waals surface area contributed by atoms with Crippen LogP contribution in [0.15, 0.2) is 47.2 Å². The highest BCUT2D eigenvalue weighted by atomic mass is 32.1. The van der Waals surface area contributed by atoms with E-state index in [2.05, 4.69) is 10.3 Å². The Labute approximate surface area is 142 Å². The second-order valence-corrected chi connectivity index (χ2v) is 6.79. The van der Waals surface area contributed by atoms with Crippen molar-refractivity contribution < 1.29 is 9.53 Å². The Morgan fingerprint density at radius 1 is 1.26 bits per heavy atom. The van der Waals surface area contributed by atoms with Crippen LogP contribution >= 0.6 is 22.7 Å². The number of hydrogen-bond donors (Lipinski definition) is 1. The molecule has 3 rings (SSSR count). The number of thiazole rings is 1. The summed E-state index contributed by atoms with van der Waals surface area (Å²) in [5, 5.41) is 7.83. The first kappa shape index (κ1) is 15.9. The Kier molecular flexibility index (Phi) is 5.17. The summed E-state index contributed by atoms with van der Waals surface area (Å²) < 4.78 is 5.10. The molecule has 1 N–H and O–H groups in total. The average molecular weight is 344 g/mol. The summed E-state index contributed by atoms with van der Waals surface area (Å²) in [5.74, 6) is -0.0670. The summed E-state index contributed by atoms with van der Waals surface area (Å²) in [4.78, 5) is 17.8. The fourth-order valence-electron chi connectivity index (χ4n) is 2.18. The van der Waals surface area contributed by atoms with Crippen molar-refractivity contribution in [1.29, 1.82) is 0 Å². The van der Waals surface area contributed by atoms with Crippen molar-refractivity contribution in [3.8, 4) is 9.88 Å². The van der Waals surface area contributed by atoms with Crippen LogP contribution in [0.4, 0.5) is 5.69 Å². The summed E-state index contributed by atoms with van der Waals surface area (Å²) in [5.41, 5.74) is 2.60. The monoisotopic (exact) mass is 344 g/mol. The molecule has 0 saturated carbocycles. The quantitative estimate of drug-likeness (QED) is 0.729. The van der Waals surface area contributed by atoms with Gasteiger partial charge in [-0.1, -0.05) is 18.2 Å². The van der Waals surface area contributed by atoms with Crippen LogP contribution in [0.2, 0.25) is 0 Å². The molecule has 2 aromatic heterocycles. The molecule has 0 saturated heterocycles. The highest BCUT2D eigenvalue weighted by Crippen LogP contribution is 2.28. The first-order valence-corrected chi connectivity index (χ1v) is 8.86. The van der Waals surface area contributed by atoms with Gasteiger partial charge >= 0.3 is 0 Å². The second kappa shape index (κ2) is 7.50. The fraction of sp³-hybridized carbons (Fsp3) is 0.176. The molecule has 1 aromatic carbocycles. The molecule has 2 heterocycles. The van der Waals surface area contributed by atoms with Crippen molar-refractivity contribution in [2.45, 2.75) is 13.0 Å². The smallest absolute Gasteiger partial charge is 0.230 e. The van der Waals surface area contributed by atoms with Gasteiger partial charge in [0.05, 0.1) is 23.6 Å². The summed E-state index contributed by atoms with van der Waals surface area (Å²) in [6, 6.07) is 11.7. The van der Waals surface area contributed by atoms with Gasteiger partial charge in [0.1, 0.15) is 5.01 Å². The van der Waals surface area contributed by atoms with Crippen LogP contribution in [0.5, 0.6) is 0 Å². The van der Waals surface area contributed by atoms with Gasteiger partial charge in [0, 0.05) is 18.2 Å². The standard InChI is InChI=1S/C17H16N2O2S2/c1-21-10-12-4-2-5-13(8-12)18-16(20)9-14-11-23-17(19-14)15-6-3-7-22-15/h2-8,11H,9-10H2,1H3,(H,18,20). The molecule has 0 unspecified atom stereocenters. The molecular weight excluding hydrogens is 328 g/mol. The topological polar surface area (TPSA) is 51.2 Å². The van der Waals surface area contributed by atoms with Crippen molar-refractivity contribution in [1.82, 2.24) is 4.98 Å². The van der Waals surface area contributed by atoms with E-state index < -0.39 is 0 Å². The Morgan fingerprint density at radius 2 is 2.17 bits per heavy atom. The first-order valence-electron chi connectivity index (χ1n) is 7.10. The third-order valence-corrected chi connectivity index (χ3v) is 5.08. The molecule has 23 heavy (non-hydrogen) atoms. The van der Waals surface area contributed by atoms with E-state index in [4.69, 9.17) is 4.74 Å². The van der Waals surface area contributed by atoms with Gasteiger partial charge in [0.2, 0.25) is 5.91 Å². The van der Waals surface area contributed by atoms with Gasteiger partial charge in [-0.2, -0.15) is 0 Å². The number of methoxy groups -OCH3 is 1. The van der Waals surface area contributed by atoms with Gasteiger partial charge in [0.15, 0.2) is 0 Å². The predicted octanol–water partition coefficient (Wildman–Crippen LogP) is 4.20. The van der Waals surface area contributed by atoms with Gasteiger partial charge in [0.25, 0.3) is 0 Å². The van der Waals surface area contributed by atoms with E-state index >= 15 is 0 Å². The van der Waals surface area contributed by atoms with Crippen LogP contribution in [0.3, 0.4) is 0 Å². The molecule has 0 fully saturated rings. The van der Waals surface area contributed by atoms with Crippen molar-refractivity contribution in [2.75, 3.05) is 12.4 Å². The molecule has 0 spiro atoms. The summed E-state index contributed by atoms with van der Waals surface area (Å²) in [6.45, 7) is 0.528. The van der Waals surface area contributed by atoms with E-state index in [0.717, 1.165) is 26.8 Å². The Morgan fingerprint density at radius 3 is 2.96 bits per heavy atom. The number of hydrogen-bond acceptors (Lipinski definition) is 5. The van der Waals surface area contributed by atoms with E-state index in [9.17, 15) is 4.79 Å². The summed E-state index contributed by atoms with van der Waals surface area (Å²) in [6.07, 6.45) is 0.274. The number of nitrogens with one attached hydrogen (secondary N) is 1. The van der Waals surface area contributed by atoms with E-state index in [0.29, 0.717) is 6.61 Å². The van der Waals surface area contributed by atoms with Crippen LogP contribution in [0, 0.1) is 0 Å². The maximum atomic E-state index is 12.2. The maximum absolute atomic E-state index is 12.2. The number of anilines is 1. The Bertz CT molecular complexity index is 782. The van der Waals surface area contributed by atoms with Crippen molar-refractivity contribution in [3.63, 3.8) is 0 Å². The fourth-order valence-corrected chi connectivity index (χ4v) is 3.81. The first-order chi connectivity index (χ1) is 11.2. The predicted molar refractivity (Wildman–Crippen MR) is 94.9 cm³/mol. The lowest BCUT2D eigenvalue weighted by molar-refractivity contribution is -0.115. The van der Waals surface area contributed by atoms with E-state index in [1.807, 2.05) is 47.2 Å². The maximum Gasteiger partial charge on any atom is 0.230 e. The SMILES string of the molecule is COCc1cccc(NC(=O)Cc2csc(-c3cccs3)n2)c1. The van der Waals surface area contributed by atoms with Gasteiger partial charge in [-0.25, -0.2) is 4.98 Å². The van der Waals surface area contributed by atoms with Crippen LogP contribution in [-0.2, 0) is 22.6 Å². The van der Waals surface area contributed by atoms with Gasteiger partial charge in [-0.15, -0.1) is 22.7 Å². The van der Waals surface area contributed by atoms with E-state index in [-0.39, 0.29) is 12.3 Å². The highest BCUT2D eigenvalue weighted by molar-refractivity contribution is 7.20.